The van der Waals surface area contributed by atoms with E-state index < -0.39 is 0 Å². The van der Waals surface area contributed by atoms with Crippen LogP contribution in [-0.4, -0.2) is 40.7 Å². The summed E-state index contributed by atoms with van der Waals surface area (Å²) in [5.41, 5.74) is 7.92. The van der Waals surface area contributed by atoms with Crippen molar-refractivity contribution < 1.29 is 9.90 Å². The van der Waals surface area contributed by atoms with Crippen LogP contribution in [0.15, 0.2) is 24.4 Å². The van der Waals surface area contributed by atoms with Crippen LogP contribution in [0.4, 0.5) is 5.69 Å². The number of carbonyl (C=O) groups excluding carboxylic acids is 1. The van der Waals surface area contributed by atoms with E-state index in [0.29, 0.717) is 17.8 Å². The van der Waals surface area contributed by atoms with Crippen molar-refractivity contribution in [3.05, 3.63) is 30.0 Å². The van der Waals surface area contributed by atoms with E-state index in [1.807, 2.05) is 6.07 Å². The van der Waals surface area contributed by atoms with E-state index in [0.717, 1.165) is 28.8 Å². The molecule has 0 unspecified atom stereocenters. The number of H-pyrrole nitrogens is 1. The molecule has 5 N–H and O–H groups in total. The number of nitrogens with one attached hydrogen (secondary N) is 2. The highest BCUT2D eigenvalue weighted by molar-refractivity contribution is 7.99. The molecule has 1 aromatic carbocycles. The summed E-state index contributed by atoms with van der Waals surface area (Å²) in [6.07, 6.45) is 2.50. The number of fused-ring (bicyclic) bond motifs is 1. The molecule has 0 aliphatic carbocycles. The van der Waals surface area contributed by atoms with Crippen LogP contribution in [0.25, 0.3) is 10.9 Å². The summed E-state index contributed by atoms with van der Waals surface area (Å²) in [5, 5.41) is 12.4. The summed E-state index contributed by atoms with van der Waals surface area (Å²) in [5.74, 6) is 1.66. The first kappa shape index (κ1) is 14.7. The molecule has 0 aliphatic heterocycles. The molecule has 0 radical (unpaired) electrons. The smallest absolute Gasteiger partial charge is 0.253 e. The second-order valence-corrected chi connectivity index (χ2v) is 5.68. The van der Waals surface area contributed by atoms with Gasteiger partial charge in [0, 0.05) is 41.7 Å². The number of aromatic amines is 1. The fourth-order valence-electron chi connectivity index (χ4n) is 1.93. The Bertz CT molecular complexity index is 583. The standard InChI is InChI=1S/C14H19N3O2S/c15-10-2-3-13-11(8-10)12(9-17-13)14(19)16-4-7-20-6-1-5-18/h2-3,8-9,17-18H,1,4-7,15H2,(H,16,19). The van der Waals surface area contributed by atoms with E-state index in [9.17, 15) is 4.79 Å². The molecule has 6 heteroatoms. The SMILES string of the molecule is Nc1ccc2[nH]cc(C(=O)NCCSCCCO)c2c1. The van der Waals surface area contributed by atoms with E-state index in [-0.39, 0.29) is 12.5 Å². The molecule has 0 saturated carbocycles. The first-order valence-electron chi connectivity index (χ1n) is 6.56. The minimum absolute atomic E-state index is 0.0930. The number of thioether (sulfide) groups is 1. The number of aliphatic hydroxyl groups is 1. The van der Waals surface area contributed by atoms with Crippen LogP contribution in [0, 0.1) is 0 Å². The zero-order chi connectivity index (χ0) is 14.4. The van der Waals surface area contributed by atoms with Gasteiger partial charge in [0.15, 0.2) is 0 Å². The highest BCUT2D eigenvalue weighted by Gasteiger charge is 2.11. The van der Waals surface area contributed by atoms with Gasteiger partial charge < -0.3 is 21.1 Å². The van der Waals surface area contributed by atoms with Gasteiger partial charge in [-0.15, -0.1) is 0 Å². The Hall–Kier alpha value is -1.66. The van der Waals surface area contributed by atoms with E-state index in [4.69, 9.17) is 10.8 Å². The molecular formula is C14H19N3O2S. The van der Waals surface area contributed by atoms with Gasteiger partial charge in [0.25, 0.3) is 5.91 Å². The number of hydrogen-bond donors (Lipinski definition) is 4. The minimum atomic E-state index is -0.0930. The molecule has 20 heavy (non-hydrogen) atoms. The lowest BCUT2D eigenvalue weighted by Crippen LogP contribution is -2.25. The van der Waals surface area contributed by atoms with Crippen LogP contribution in [0.3, 0.4) is 0 Å². The van der Waals surface area contributed by atoms with Crippen molar-refractivity contribution in [3.8, 4) is 0 Å². The molecule has 1 amide bonds. The maximum absolute atomic E-state index is 12.1. The first-order chi connectivity index (χ1) is 9.72. The Morgan fingerprint density at radius 2 is 2.25 bits per heavy atom. The Morgan fingerprint density at radius 3 is 3.05 bits per heavy atom. The fourth-order valence-corrected chi connectivity index (χ4v) is 2.71. The molecule has 0 saturated heterocycles. The number of aromatic nitrogens is 1. The highest BCUT2D eigenvalue weighted by atomic mass is 32.2. The summed E-state index contributed by atoms with van der Waals surface area (Å²) in [7, 11) is 0. The third-order valence-corrected chi connectivity index (χ3v) is 4.00. The Kier molecular flexibility index (Phi) is 5.31. The summed E-state index contributed by atoms with van der Waals surface area (Å²) < 4.78 is 0. The molecular weight excluding hydrogens is 274 g/mol. The number of aliphatic hydroxyl groups excluding tert-OH is 1. The van der Waals surface area contributed by atoms with Crippen molar-refractivity contribution in [2.45, 2.75) is 6.42 Å². The largest absolute Gasteiger partial charge is 0.399 e. The van der Waals surface area contributed by atoms with Crippen molar-refractivity contribution >= 4 is 34.3 Å². The molecule has 0 fully saturated rings. The van der Waals surface area contributed by atoms with Gasteiger partial charge in [0.05, 0.1) is 5.56 Å². The number of hydrogen-bond acceptors (Lipinski definition) is 4. The van der Waals surface area contributed by atoms with Crippen molar-refractivity contribution in [2.24, 2.45) is 0 Å². The van der Waals surface area contributed by atoms with Gasteiger partial charge in [-0.25, -0.2) is 0 Å². The zero-order valence-corrected chi connectivity index (χ0v) is 12.0. The maximum atomic E-state index is 12.1. The predicted octanol–water partition coefficient (Wildman–Crippen LogP) is 1.60. The Balaban J connectivity index is 1.89. The highest BCUT2D eigenvalue weighted by Crippen LogP contribution is 2.20. The molecule has 2 rings (SSSR count). The molecule has 108 valence electrons. The molecule has 0 spiro atoms. The van der Waals surface area contributed by atoms with Gasteiger partial charge in [-0.1, -0.05) is 0 Å². The van der Waals surface area contributed by atoms with Gasteiger partial charge in [-0.2, -0.15) is 11.8 Å². The monoisotopic (exact) mass is 293 g/mol. The van der Waals surface area contributed by atoms with Gasteiger partial charge in [-0.05, 0) is 30.4 Å². The van der Waals surface area contributed by atoms with Gasteiger partial charge in [0.1, 0.15) is 0 Å². The predicted molar refractivity (Wildman–Crippen MR) is 84.1 cm³/mol. The van der Waals surface area contributed by atoms with Crippen LogP contribution in [0.1, 0.15) is 16.8 Å². The maximum Gasteiger partial charge on any atom is 0.253 e. The quantitative estimate of drug-likeness (QED) is 0.461. The molecule has 0 bridgehead atoms. The topological polar surface area (TPSA) is 91.1 Å². The van der Waals surface area contributed by atoms with E-state index in [1.54, 1.807) is 30.1 Å². The first-order valence-corrected chi connectivity index (χ1v) is 7.71. The third-order valence-electron chi connectivity index (χ3n) is 2.93. The summed E-state index contributed by atoms with van der Waals surface area (Å²) in [6.45, 7) is 0.833. The minimum Gasteiger partial charge on any atom is -0.399 e. The van der Waals surface area contributed by atoms with Gasteiger partial charge >= 0.3 is 0 Å². The van der Waals surface area contributed by atoms with Crippen LogP contribution < -0.4 is 11.1 Å². The normalized spacial score (nSPS) is 10.8. The molecule has 1 heterocycles. The zero-order valence-electron chi connectivity index (χ0n) is 11.2. The van der Waals surface area contributed by atoms with Crippen molar-refractivity contribution in [1.82, 2.24) is 10.3 Å². The second kappa shape index (κ2) is 7.21. The fraction of sp³-hybridized carbons (Fsp3) is 0.357. The van der Waals surface area contributed by atoms with E-state index in [1.165, 1.54) is 0 Å². The van der Waals surface area contributed by atoms with Crippen LogP contribution in [-0.2, 0) is 0 Å². The van der Waals surface area contributed by atoms with Gasteiger partial charge in [0.2, 0.25) is 0 Å². The molecule has 1 aromatic heterocycles. The van der Waals surface area contributed by atoms with E-state index in [2.05, 4.69) is 10.3 Å². The van der Waals surface area contributed by atoms with E-state index >= 15 is 0 Å². The van der Waals surface area contributed by atoms with Crippen molar-refractivity contribution in [1.29, 1.82) is 0 Å². The van der Waals surface area contributed by atoms with Crippen LogP contribution >= 0.6 is 11.8 Å². The number of nitrogen functional groups attached to an aromatic ring is 1. The Morgan fingerprint density at radius 1 is 1.40 bits per heavy atom. The lowest BCUT2D eigenvalue weighted by Gasteiger charge is -2.04. The summed E-state index contributed by atoms with van der Waals surface area (Å²) in [4.78, 5) is 15.2. The summed E-state index contributed by atoms with van der Waals surface area (Å²) >= 11 is 1.72. The second-order valence-electron chi connectivity index (χ2n) is 4.45. The molecule has 0 aliphatic rings. The number of carbonyl (C=O) groups is 1. The molecule has 2 aromatic rings. The molecule has 5 nitrogen and oxygen atoms in total. The summed E-state index contributed by atoms with van der Waals surface area (Å²) in [6, 6.07) is 5.47. The number of benzene rings is 1. The lowest BCUT2D eigenvalue weighted by molar-refractivity contribution is 0.0958. The number of nitrogens with two attached hydrogens (primary N) is 1. The number of anilines is 1. The molecule has 0 atom stereocenters. The van der Waals surface area contributed by atoms with Crippen molar-refractivity contribution in [2.75, 3.05) is 30.4 Å². The van der Waals surface area contributed by atoms with Crippen LogP contribution in [0.5, 0.6) is 0 Å². The van der Waals surface area contributed by atoms with Crippen molar-refractivity contribution in [3.63, 3.8) is 0 Å². The average Bonchev–Trinajstić information content (AvgIpc) is 2.85. The number of rotatable bonds is 7. The third kappa shape index (κ3) is 3.68. The van der Waals surface area contributed by atoms with Crippen LogP contribution in [0.2, 0.25) is 0 Å². The average molecular weight is 293 g/mol. The lowest BCUT2D eigenvalue weighted by atomic mass is 10.1. The van der Waals surface area contributed by atoms with Gasteiger partial charge in [-0.3, -0.25) is 4.79 Å². The Labute approximate surface area is 121 Å². The number of amides is 1.